The van der Waals surface area contributed by atoms with Crippen LogP contribution in [0.1, 0.15) is 18.3 Å². The van der Waals surface area contributed by atoms with Crippen LogP contribution in [0.5, 0.6) is 0 Å². The van der Waals surface area contributed by atoms with E-state index in [1.54, 1.807) is 6.20 Å². The van der Waals surface area contributed by atoms with Gasteiger partial charge in [-0.25, -0.2) is 4.98 Å². The average Bonchev–Trinajstić information content (AvgIpc) is 3.32. The third-order valence-electron chi connectivity index (χ3n) is 6.04. The first kappa shape index (κ1) is 19.4. The maximum absolute atomic E-state index is 13.3. The number of aryl methyl sites for hydroxylation is 1. The lowest BCUT2D eigenvalue weighted by atomic mass is 10.0. The van der Waals surface area contributed by atoms with Crippen LogP contribution in [0.4, 0.5) is 0 Å². The molecule has 3 aliphatic heterocycles. The van der Waals surface area contributed by atoms with E-state index < -0.39 is 0 Å². The Bertz CT molecular complexity index is 702. The van der Waals surface area contributed by atoms with Gasteiger partial charge in [-0.05, 0) is 0 Å². The molecule has 0 spiro atoms. The summed E-state index contributed by atoms with van der Waals surface area (Å²) in [7, 11) is 1.95. The standard InChI is InChI=1S/C19H30N6O3/c1-22-4-3-21-18(22)16-13-20-2-5-25(16)19(27)15-12-17(26)24(14-15)7-6-23-8-10-28-11-9-23/h3-4,15-16,20H,2,5-14H2,1H3. The van der Waals surface area contributed by atoms with Crippen molar-refractivity contribution < 1.29 is 14.3 Å². The Labute approximate surface area is 165 Å². The topological polar surface area (TPSA) is 82.9 Å². The number of piperazine rings is 1. The predicted octanol–water partition coefficient (Wildman–Crippen LogP) is -0.926. The molecule has 0 saturated carbocycles. The molecule has 9 heteroatoms. The highest BCUT2D eigenvalue weighted by Gasteiger charge is 2.40. The summed E-state index contributed by atoms with van der Waals surface area (Å²) in [4.78, 5) is 36.3. The summed E-state index contributed by atoms with van der Waals surface area (Å²) in [6.07, 6.45) is 3.98. The Hall–Kier alpha value is -1.97. The highest BCUT2D eigenvalue weighted by Crippen LogP contribution is 2.26. The highest BCUT2D eigenvalue weighted by atomic mass is 16.5. The van der Waals surface area contributed by atoms with Crippen LogP contribution in [0.3, 0.4) is 0 Å². The molecule has 1 N–H and O–H groups in total. The number of morpholine rings is 1. The van der Waals surface area contributed by atoms with Gasteiger partial charge in [0.25, 0.3) is 0 Å². The highest BCUT2D eigenvalue weighted by molar-refractivity contribution is 5.89. The second-order valence-electron chi connectivity index (χ2n) is 7.84. The quantitative estimate of drug-likeness (QED) is 0.700. The van der Waals surface area contributed by atoms with Crippen LogP contribution < -0.4 is 5.32 Å². The van der Waals surface area contributed by atoms with E-state index in [1.165, 1.54) is 0 Å². The number of hydrogen-bond acceptors (Lipinski definition) is 6. The van der Waals surface area contributed by atoms with Gasteiger partial charge >= 0.3 is 0 Å². The van der Waals surface area contributed by atoms with Crippen molar-refractivity contribution in [3.8, 4) is 0 Å². The second-order valence-corrected chi connectivity index (χ2v) is 7.84. The number of hydrogen-bond donors (Lipinski definition) is 1. The number of nitrogens with zero attached hydrogens (tertiary/aromatic N) is 5. The third kappa shape index (κ3) is 4.06. The molecule has 3 aliphatic rings. The van der Waals surface area contributed by atoms with Crippen LogP contribution in [-0.2, 0) is 21.4 Å². The molecule has 0 aromatic carbocycles. The molecule has 1 aromatic rings. The summed E-state index contributed by atoms with van der Waals surface area (Å²) in [5.41, 5.74) is 0. The van der Waals surface area contributed by atoms with Crippen LogP contribution in [0.25, 0.3) is 0 Å². The van der Waals surface area contributed by atoms with Crippen molar-refractivity contribution >= 4 is 11.8 Å². The largest absolute Gasteiger partial charge is 0.379 e. The Morgan fingerprint density at radius 2 is 2.11 bits per heavy atom. The van der Waals surface area contributed by atoms with Crippen molar-refractivity contribution in [1.82, 2.24) is 29.6 Å². The molecule has 2 unspecified atom stereocenters. The zero-order valence-corrected chi connectivity index (χ0v) is 16.5. The third-order valence-corrected chi connectivity index (χ3v) is 6.04. The molecule has 9 nitrogen and oxygen atoms in total. The molecule has 0 bridgehead atoms. The summed E-state index contributed by atoms with van der Waals surface area (Å²) in [5.74, 6) is 0.805. The molecular formula is C19H30N6O3. The number of likely N-dealkylation sites (tertiary alicyclic amines) is 1. The zero-order chi connectivity index (χ0) is 19.5. The number of carbonyl (C=O) groups is 2. The summed E-state index contributed by atoms with van der Waals surface area (Å²) >= 11 is 0. The molecule has 2 atom stereocenters. The van der Waals surface area contributed by atoms with E-state index in [0.29, 0.717) is 32.6 Å². The molecule has 2 amide bonds. The van der Waals surface area contributed by atoms with Gasteiger partial charge < -0.3 is 24.4 Å². The summed E-state index contributed by atoms with van der Waals surface area (Å²) in [5, 5.41) is 3.36. The maximum Gasteiger partial charge on any atom is 0.228 e. The zero-order valence-electron chi connectivity index (χ0n) is 16.5. The van der Waals surface area contributed by atoms with Crippen molar-refractivity contribution in [3.05, 3.63) is 18.2 Å². The van der Waals surface area contributed by atoms with Gasteiger partial charge in [-0.15, -0.1) is 0 Å². The lowest BCUT2D eigenvalue weighted by molar-refractivity contribution is -0.139. The smallest absolute Gasteiger partial charge is 0.228 e. The van der Waals surface area contributed by atoms with Crippen molar-refractivity contribution in [3.63, 3.8) is 0 Å². The first-order chi connectivity index (χ1) is 13.6. The van der Waals surface area contributed by atoms with E-state index in [1.807, 2.05) is 27.6 Å². The van der Waals surface area contributed by atoms with Gasteiger partial charge in [0.15, 0.2) is 0 Å². The molecule has 28 heavy (non-hydrogen) atoms. The van der Waals surface area contributed by atoms with Gasteiger partial charge in [-0.3, -0.25) is 14.5 Å². The average molecular weight is 390 g/mol. The summed E-state index contributed by atoms with van der Waals surface area (Å²) in [6.45, 7) is 7.51. The van der Waals surface area contributed by atoms with Crippen molar-refractivity contribution in [1.29, 1.82) is 0 Å². The Kier molecular flexibility index (Phi) is 5.93. The minimum Gasteiger partial charge on any atom is -0.379 e. The van der Waals surface area contributed by atoms with Gasteiger partial charge in [0, 0.05) is 78.2 Å². The van der Waals surface area contributed by atoms with Crippen LogP contribution in [0.15, 0.2) is 12.4 Å². The number of aromatic nitrogens is 2. The van der Waals surface area contributed by atoms with Gasteiger partial charge in [-0.2, -0.15) is 0 Å². The number of rotatable bonds is 5. The van der Waals surface area contributed by atoms with Crippen LogP contribution in [0, 0.1) is 5.92 Å². The minimum atomic E-state index is -0.252. The van der Waals surface area contributed by atoms with E-state index >= 15 is 0 Å². The number of imidazole rings is 1. The van der Waals surface area contributed by atoms with E-state index in [-0.39, 0.29) is 23.8 Å². The van der Waals surface area contributed by atoms with E-state index in [2.05, 4.69) is 15.2 Å². The molecule has 0 radical (unpaired) electrons. The SMILES string of the molecule is Cn1ccnc1C1CNCCN1C(=O)C1CC(=O)N(CCN2CCOCC2)C1. The molecule has 0 aliphatic carbocycles. The Balaban J connectivity index is 1.37. The monoisotopic (exact) mass is 390 g/mol. The van der Waals surface area contributed by atoms with Crippen molar-refractivity contribution in [2.75, 3.05) is 65.6 Å². The molecule has 3 saturated heterocycles. The predicted molar refractivity (Wildman–Crippen MR) is 102 cm³/mol. The number of ether oxygens (including phenoxy) is 1. The lowest BCUT2D eigenvalue weighted by Gasteiger charge is -2.37. The van der Waals surface area contributed by atoms with E-state index in [0.717, 1.165) is 45.2 Å². The first-order valence-electron chi connectivity index (χ1n) is 10.2. The van der Waals surface area contributed by atoms with Crippen molar-refractivity contribution in [2.24, 2.45) is 13.0 Å². The fourth-order valence-electron chi connectivity index (χ4n) is 4.37. The maximum atomic E-state index is 13.3. The summed E-state index contributed by atoms with van der Waals surface area (Å²) < 4.78 is 7.34. The first-order valence-corrected chi connectivity index (χ1v) is 10.2. The summed E-state index contributed by atoms with van der Waals surface area (Å²) in [6, 6.07) is -0.0845. The van der Waals surface area contributed by atoms with Crippen LogP contribution >= 0.6 is 0 Å². The Morgan fingerprint density at radius 3 is 2.86 bits per heavy atom. The fourth-order valence-corrected chi connectivity index (χ4v) is 4.37. The fraction of sp³-hybridized carbons (Fsp3) is 0.737. The molecular weight excluding hydrogens is 360 g/mol. The number of nitrogens with one attached hydrogen (secondary N) is 1. The van der Waals surface area contributed by atoms with Crippen LogP contribution in [-0.4, -0.2) is 102 Å². The van der Waals surface area contributed by atoms with Crippen molar-refractivity contribution in [2.45, 2.75) is 12.5 Å². The van der Waals surface area contributed by atoms with Gasteiger partial charge in [0.2, 0.25) is 11.8 Å². The normalized spacial score (nSPS) is 26.8. The molecule has 4 heterocycles. The number of amides is 2. The minimum absolute atomic E-state index is 0.0803. The second kappa shape index (κ2) is 8.59. The Morgan fingerprint density at radius 1 is 1.29 bits per heavy atom. The molecule has 3 fully saturated rings. The molecule has 1 aromatic heterocycles. The van der Waals surface area contributed by atoms with Gasteiger partial charge in [-0.1, -0.05) is 0 Å². The van der Waals surface area contributed by atoms with Gasteiger partial charge in [0.1, 0.15) is 11.9 Å². The lowest BCUT2D eigenvalue weighted by Crippen LogP contribution is -2.51. The number of carbonyl (C=O) groups excluding carboxylic acids is 2. The van der Waals surface area contributed by atoms with E-state index in [4.69, 9.17) is 4.74 Å². The van der Waals surface area contributed by atoms with E-state index in [9.17, 15) is 9.59 Å². The molecule has 4 rings (SSSR count). The van der Waals surface area contributed by atoms with Crippen LogP contribution in [0.2, 0.25) is 0 Å². The molecule has 154 valence electrons. The van der Waals surface area contributed by atoms with Gasteiger partial charge in [0.05, 0.1) is 19.1 Å².